The number of carbonyl (C=O) groups excluding carboxylic acids is 1. The molecule has 0 aliphatic carbocycles. The maximum atomic E-state index is 10.6. The smallest absolute Gasteiger partial charge is 0.222 e. The van der Waals surface area contributed by atoms with Gasteiger partial charge in [0.05, 0.1) is 0 Å². The Morgan fingerprint density at radius 1 is 1.35 bits per heavy atom. The molecule has 0 fully saturated rings. The normalized spacial score (nSPS) is 10.0. The maximum Gasteiger partial charge on any atom is 0.222 e. The van der Waals surface area contributed by atoms with Gasteiger partial charge in [-0.2, -0.15) is 0 Å². The Morgan fingerprint density at radius 3 is 2.82 bits per heavy atom. The molecule has 0 amide bonds. The van der Waals surface area contributed by atoms with Gasteiger partial charge in [-0.05, 0) is 31.2 Å². The number of rotatable bonds is 3. The van der Waals surface area contributed by atoms with E-state index in [2.05, 4.69) is 4.98 Å². The minimum absolute atomic E-state index is 0.470. The molecule has 0 atom stereocenters. The summed E-state index contributed by atoms with van der Waals surface area (Å²) in [5, 5.41) is 0.602. The van der Waals surface area contributed by atoms with Gasteiger partial charge in [0.1, 0.15) is 5.75 Å². The minimum Gasteiger partial charge on any atom is -0.439 e. The first-order valence-electron chi connectivity index (χ1n) is 5.04. The van der Waals surface area contributed by atoms with Crippen molar-refractivity contribution in [3.8, 4) is 11.6 Å². The fraction of sp³-hybridized carbons (Fsp3) is 0.0769. The van der Waals surface area contributed by atoms with Crippen LogP contribution >= 0.6 is 11.6 Å². The third kappa shape index (κ3) is 2.82. The molecule has 2 aromatic rings. The Hall–Kier alpha value is -1.87. The van der Waals surface area contributed by atoms with Gasteiger partial charge in [0.25, 0.3) is 0 Å². The Bertz CT molecular complexity index is 555. The minimum atomic E-state index is 0.470. The fourth-order valence-electron chi connectivity index (χ4n) is 1.40. The van der Waals surface area contributed by atoms with Crippen LogP contribution in [-0.2, 0) is 0 Å². The molecule has 2 rings (SSSR count). The number of nitrogens with zero attached hydrogens (tertiary/aromatic N) is 1. The summed E-state index contributed by atoms with van der Waals surface area (Å²) in [5.41, 5.74) is 1.33. The number of pyridine rings is 1. The summed E-state index contributed by atoms with van der Waals surface area (Å²) in [4.78, 5) is 14.7. The summed E-state index contributed by atoms with van der Waals surface area (Å²) in [6, 6.07) is 8.79. The van der Waals surface area contributed by atoms with E-state index >= 15 is 0 Å². The van der Waals surface area contributed by atoms with E-state index in [0.717, 1.165) is 11.8 Å². The highest BCUT2D eigenvalue weighted by Gasteiger charge is 2.04. The van der Waals surface area contributed by atoms with Crippen LogP contribution in [0, 0.1) is 6.92 Å². The van der Waals surface area contributed by atoms with E-state index in [-0.39, 0.29) is 0 Å². The van der Waals surface area contributed by atoms with E-state index < -0.39 is 0 Å². The van der Waals surface area contributed by atoms with Crippen molar-refractivity contribution in [2.75, 3.05) is 0 Å². The van der Waals surface area contributed by atoms with Crippen LogP contribution in [0.3, 0.4) is 0 Å². The van der Waals surface area contributed by atoms with E-state index in [9.17, 15) is 4.79 Å². The van der Waals surface area contributed by atoms with E-state index in [4.69, 9.17) is 16.3 Å². The van der Waals surface area contributed by atoms with Gasteiger partial charge in [0, 0.05) is 22.3 Å². The molecule has 17 heavy (non-hydrogen) atoms. The number of benzene rings is 1. The highest BCUT2D eigenvalue weighted by molar-refractivity contribution is 6.30. The van der Waals surface area contributed by atoms with Crippen molar-refractivity contribution in [2.45, 2.75) is 6.92 Å². The molecule has 0 saturated heterocycles. The zero-order valence-electron chi connectivity index (χ0n) is 9.18. The molecule has 0 unspecified atom stereocenters. The number of carbonyl (C=O) groups is 1. The predicted octanol–water partition coefficient (Wildman–Crippen LogP) is 3.65. The predicted molar refractivity (Wildman–Crippen MR) is 65.9 cm³/mol. The van der Waals surface area contributed by atoms with Gasteiger partial charge >= 0.3 is 0 Å². The van der Waals surface area contributed by atoms with Crippen molar-refractivity contribution in [3.05, 3.63) is 52.7 Å². The van der Waals surface area contributed by atoms with Crippen LogP contribution in [0.25, 0.3) is 0 Å². The zero-order valence-corrected chi connectivity index (χ0v) is 9.94. The van der Waals surface area contributed by atoms with Crippen LogP contribution in [0.2, 0.25) is 5.02 Å². The Labute approximate surface area is 104 Å². The van der Waals surface area contributed by atoms with Crippen molar-refractivity contribution in [1.82, 2.24) is 4.98 Å². The lowest BCUT2D eigenvalue weighted by Crippen LogP contribution is -1.93. The lowest BCUT2D eigenvalue weighted by atomic mass is 10.2. The van der Waals surface area contributed by atoms with Crippen LogP contribution in [0.1, 0.15) is 15.9 Å². The van der Waals surface area contributed by atoms with Gasteiger partial charge in [-0.3, -0.25) is 4.79 Å². The van der Waals surface area contributed by atoms with E-state index in [1.54, 1.807) is 30.3 Å². The third-order valence-corrected chi connectivity index (χ3v) is 2.43. The summed E-state index contributed by atoms with van der Waals surface area (Å²) >= 11 is 5.85. The first kappa shape index (κ1) is 11.6. The van der Waals surface area contributed by atoms with Crippen molar-refractivity contribution in [1.29, 1.82) is 0 Å². The fourth-order valence-corrected chi connectivity index (χ4v) is 1.58. The number of aromatic nitrogens is 1. The number of hydrogen-bond acceptors (Lipinski definition) is 3. The van der Waals surface area contributed by atoms with Gasteiger partial charge in [0.2, 0.25) is 5.88 Å². The monoisotopic (exact) mass is 247 g/mol. The molecule has 0 N–H and O–H groups in total. The molecule has 0 saturated carbocycles. The molecule has 1 aromatic carbocycles. The molecular formula is C13H10ClNO2. The summed E-state index contributed by atoms with van der Waals surface area (Å²) < 4.78 is 5.58. The number of halogens is 1. The Morgan fingerprint density at radius 2 is 2.18 bits per heavy atom. The molecule has 0 aliphatic rings. The highest BCUT2D eigenvalue weighted by Crippen LogP contribution is 2.25. The van der Waals surface area contributed by atoms with Crippen LogP contribution in [0.4, 0.5) is 0 Å². The summed E-state index contributed by atoms with van der Waals surface area (Å²) in [5.74, 6) is 1.09. The molecule has 1 heterocycles. The second-order valence-electron chi connectivity index (χ2n) is 3.57. The number of aldehydes is 1. The van der Waals surface area contributed by atoms with Gasteiger partial charge in [0.15, 0.2) is 6.29 Å². The molecule has 3 nitrogen and oxygen atoms in total. The molecule has 1 aromatic heterocycles. The Balaban J connectivity index is 2.27. The van der Waals surface area contributed by atoms with Crippen LogP contribution < -0.4 is 4.74 Å². The molecule has 0 bridgehead atoms. The standard InChI is InChI=1S/C13H10ClNO2/c1-9-5-10(8-16)7-15-13(9)17-12-4-2-3-11(14)6-12/h2-8H,1H3. The first-order chi connectivity index (χ1) is 8.19. The van der Waals surface area contributed by atoms with Crippen LogP contribution in [-0.4, -0.2) is 11.3 Å². The van der Waals surface area contributed by atoms with Crippen molar-refractivity contribution < 1.29 is 9.53 Å². The van der Waals surface area contributed by atoms with Crippen molar-refractivity contribution >= 4 is 17.9 Å². The topological polar surface area (TPSA) is 39.2 Å². The zero-order chi connectivity index (χ0) is 12.3. The average Bonchev–Trinajstić information content (AvgIpc) is 2.32. The van der Waals surface area contributed by atoms with E-state index in [0.29, 0.717) is 22.2 Å². The van der Waals surface area contributed by atoms with Crippen molar-refractivity contribution in [2.24, 2.45) is 0 Å². The second kappa shape index (κ2) is 4.97. The highest BCUT2D eigenvalue weighted by atomic mass is 35.5. The van der Waals surface area contributed by atoms with Gasteiger partial charge in [-0.1, -0.05) is 17.7 Å². The molecular weight excluding hydrogens is 238 g/mol. The van der Waals surface area contributed by atoms with Crippen molar-refractivity contribution in [3.63, 3.8) is 0 Å². The van der Waals surface area contributed by atoms with Crippen LogP contribution in [0.5, 0.6) is 11.6 Å². The van der Waals surface area contributed by atoms with Gasteiger partial charge < -0.3 is 4.74 Å². The molecule has 0 aliphatic heterocycles. The number of ether oxygens (including phenoxy) is 1. The molecule has 0 spiro atoms. The summed E-state index contributed by atoms with van der Waals surface area (Å²) in [6.07, 6.45) is 2.23. The molecule has 4 heteroatoms. The summed E-state index contributed by atoms with van der Waals surface area (Å²) in [6.45, 7) is 1.83. The third-order valence-electron chi connectivity index (χ3n) is 2.20. The quantitative estimate of drug-likeness (QED) is 0.777. The number of hydrogen-bond donors (Lipinski definition) is 0. The lowest BCUT2D eigenvalue weighted by Gasteiger charge is -2.07. The van der Waals surface area contributed by atoms with E-state index in [1.807, 2.05) is 6.92 Å². The van der Waals surface area contributed by atoms with Gasteiger partial charge in [-0.25, -0.2) is 4.98 Å². The molecule has 86 valence electrons. The lowest BCUT2D eigenvalue weighted by molar-refractivity contribution is 0.112. The van der Waals surface area contributed by atoms with Crippen LogP contribution in [0.15, 0.2) is 36.5 Å². The van der Waals surface area contributed by atoms with Gasteiger partial charge in [-0.15, -0.1) is 0 Å². The second-order valence-corrected chi connectivity index (χ2v) is 4.00. The molecule has 0 radical (unpaired) electrons. The van der Waals surface area contributed by atoms with E-state index in [1.165, 1.54) is 6.20 Å². The Kier molecular flexibility index (Phi) is 3.40. The first-order valence-corrected chi connectivity index (χ1v) is 5.42. The number of aryl methyl sites for hydroxylation is 1. The summed E-state index contributed by atoms with van der Waals surface area (Å²) in [7, 11) is 0. The average molecular weight is 248 g/mol. The largest absolute Gasteiger partial charge is 0.439 e. The SMILES string of the molecule is Cc1cc(C=O)cnc1Oc1cccc(Cl)c1. The maximum absolute atomic E-state index is 10.6.